The minimum atomic E-state index is -0.113. The molecule has 3 rings (SSSR count). The van der Waals surface area contributed by atoms with Gasteiger partial charge in [-0.3, -0.25) is 9.59 Å². The van der Waals surface area contributed by atoms with Gasteiger partial charge in [0.1, 0.15) is 0 Å². The first-order valence-electron chi connectivity index (χ1n) is 10.2. The fourth-order valence-corrected chi connectivity index (χ4v) is 3.87. The van der Waals surface area contributed by atoms with Crippen LogP contribution in [0.4, 0.5) is 4.79 Å². The first-order valence-corrected chi connectivity index (χ1v) is 10.2. The smallest absolute Gasteiger partial charge is 0.317 e. The molecule has 28 heavy (non-hydrogen) atoms. The molecule has 0 aromatic heterocycles. The van der Waals surface area contributed by atoms with Crippen molar-refractivity contribution >= 4 is 17.8 Å². The highest BCUT2D eigenvalue weighted by molar-refractivity contribution is 5.80. The molecule has 7 nitrogen and oxygen atoms in total. The van der Waals surface area contributed by atoms with Gasteiger partial charge in [-0.2, -0.15) is 0 Å². The van der Waals surface area contributed by atoms with Crippen molar-refractivity contribution in [2.24, 2.45) is 0 Å². The van der Waals surface area contributed by atoms with Gasteiger partial charge in [-0.05, 0) is 31.7 Å². The molecule has 1 unspecified atom stereocenters. The van der Waals surface area contributed by atoms with Crippen LogP contribution in [-0.4, -0.2) is 65.9 Å². The van der Waals surface area contributed by atoms with Crippen molar-refractivity contribution in [2.75, 3.05) is 26.2 Å². The van der Waals surface area contributed by atoms with Gasteiger partial charge in [0.15, 0.2) is 0 Å². The summed E-state index contributed by atoms with van der Waals surface area (Å²) in [5.41, 5.74) is 1.18. The molecule has 2 fully saturated rings. The van der Waals surface area contributed by atoms with Gasteiger partial charge in [-0.25, -0.2) is 4.79 Å². The number of amides is 4. The van der Waals surface area contributed by atoms with E-state index in [1.165, 1.54) is 5.56 Å². The number of rotatable bonds is 4. The van der Waals surface area contributed by atoms with Gasteiger partial charge in [0.05, 0.1) is 0 Å². The third-order valence-electron chi connectivity index (χ3n) is 5.59. The van der Waals surface area contributed by atoms with E-state index in [4.69, 9.17) is 0 Å². The Hall–Kier alpha value is -2.57. The van der Waals surface area contributed by atoms with Gasteiger partial charge in [0, 0.05) is 51.1 Å². The number of carbonyl (C=O) groups excluding carboxylic acids is 3. The van der Waals surface area contributed by atoms with Gasteiger partial charge in [0.2, 0.25) is 11.8 Å². The number of hydrogen-bond acceptors (Lipinski definition) is 3. The predicted octanol–water partition coefficient (Wildman–Crippen LogP) is 1.53. The Labute approximate surface area is 166 Å². The highest BCUT2D eigenvalue weighted by atomic mass is 16.2. The van der Waals surface area contributed by atoms with Crippen LogP contribution in [0.3, 0.4) is 0 Å². The summed E-state index contributed by atoms with van der Waals surface area (Å²) in [6, 6.07) is 9.90. The lowest BCUT2D eigenvalue weighted by atomic mass is 10.0. The lowest BCUT2D eigenvalue weighted by Crippen LogP contribution is -2.52. The van der Waals surface area contributed by atoms with Crippen LogP contribution in [-0.2, 0) is 16.0 Å². The Morgan fingerprint density at radius 3 is 2.57 bits per heavy atom. The second kappa shape index (κ2) is 9.57. The van der Waals surface area contributed by atoms with Crippen molar-refractivity contribution in [3.8, 4) is 0 Å². The molecule has 2 aliphatic heterocycles. The monoisotopic (exact) mass is 386 g/mol. The number of likely N-dealkylation sites (tertiary alicyclic amines) is 1. The molecule has 152 valence electrons. The lowest BCUT2D eigenvalue weighted by molar-refractivity contribution is -0.132. The van der Waals surface area contributed by atoms with Crippen molar-refractivity contribution in [1.82, 2.24) is 20.4 Å². The quantitative estimate of drug-likeness (QED) is 0.823. The molecule has 4 amide bonds. The van der Waals surface area contributed by atoms with E-state index in [1.807, 2.05) is 42.2 Å². The molecule has 7 heteroatoms. The minimum Gasteiger partial charge on any atom is -0.354 e. The van der Waals surface area contributed by atoms with E-state index in [9.17, 15) is 14.4 Å². The van der Waals surface area contributed by atoms with Crippen LogP contribution in [0.2, 0.25) is 0 Å². The predicted molar refractivity (Wildman–Crippen MR) is 107 cm³/mol. The average Bonchev–Trinajstić information content (AvgIpc) is 2.87. The molecule has 0 spiro atoms. The molecule has 0 aliphatic carbocycles. The first kappa shape index (κ1) is 20.2. The van der Waals surface area contributed by atoms with E-state index in [2.05, 4.69) is 10.6 Å². The zero-order valence-electron chi connectivity index (χ0n) is 16.5. The van der Waals surface area contributed by atoms with Crippen LogP contribution in [0.1, 0.15) is 38.2 Å². The van der Waals surface area contributed by atoms with E-state index >= 15 is 0 Å². The summed E-state index contributed by atoms with van der Waals surface area (Å²) >= 11 is 0. The maximum Gasteiger partial charge on any atom is 0.317 e. The largest absolute Gasteiger partial charge is 0.354 e. The van der Waals surface area contributed by atoms with Gasteiger partial charge < -0.3 is 20.4 Å². The number of urea groups is 1. The summed E-state index contributed by atoms with van der Waals surface area (Å²) in [5, 5.41) is 5.89. The number of benzene rings is 1. The standard InChI is InChI=1S/C21H30N4O3/c1-16-15-19(26)22-11-14-25(16)21(28)23-18-9-12-24(13-10-18)20(27)8-7-17-5-3-2-4-6-17/h2-6,16,18H,7-15H2,1H3,(H,22,26)(H,23,28). The maximum atomic E-state index is 12.6. The van der Waals surface area contributed by atoms with Crippen LogP contribution in [0.15, 0.2) is 30.3 Å². The molecule has 2 saturated heterocycles. The molecular weight excluding hydrogens is 356 g/mol. The fourth-order valence-electron chi connectivity index (χ4n) is 3.87. The molecule has 0 radical (unpaired) electrons. The summed E-state index contributed by atoms with van der Waals surface area (Å²) in [6.07, 6.45) is 3.15. The van der Waals surface area contributed by atoms with Crippen molar-refractivity contribution in [3.63, 3.8) is 0 Å². The SMILES string of the molecule is CC1CC(=O)NCCN1C(=O)NC1CCN(C(=O)CCc2ccccc2)CC1. The van der Waals surface area contributed by atoms with Gasteiger partial charge in [0.25, 0.3) is 0 Å². The zero-order chi connectivity index (χ0) is 19.9. The van der Waals surface area contributed by atoms with E-state index < -0.39 is 0 Å². The van der Waals surface area contributed by atoms with Crippen LogP contribution in [0.25, 0.3) is 0 Å². The third kappa shape index (κ3) is 5.47. The van der Waals surface area contributed by atoms with Crippen LogP contribution in [0.5, 0.6) is 0 Å². The number of carbonyl (C=O) groups is 3. The highest BCUT2D eigenvalue weighted by Crippen LogP contribution is 2.14. The molecule has 1 atom stereocenters. The van der Waals surface area contributed by atoms with E-state index in [0.29, 0.717) is 39.0 Å². The Kier molecular flexibility index (Phi) is 6.90. The average molecular weight is 386 g/mol. The fraction of sp³-hybridized carbons (Fsp3) is 0.571. The topological polar surface area (TPSA) is 81.8 Å². The van der Waals surface area contributed by atoms with Crippen molar-refractivity contribution in [1.29, 1.82) is 0 Å². The van der Waals surface area contributed by atoms with Crippen molar-refractivity contribution in [3.05, 3.63) is 35.9 Å². The Morgan fingerprint density at radius 1 is 1.14 bits per heavy atom. The Balaban J connectivity index is 1.41. The molecule has 2 heterocycles. The zero-order valence-corrected chi connectivity index (χ0v) is 16.5. The molecule has 0 bridgehead atoms. The van der Waals surface area contributed by atoms with Crippen LogP contribution < -0.4 is 10.6 Å². The number of piperidine rings is 1. The van der Waals surface area contributed by atoms with Crippen molar-refractivity contribution < 1.29 is 14.4 Å². The highest BCUT2D eigenvalue weighted by Gasteiger charge is 2.28. The van der Waals surface area contributed by atoms with Gasteiger partial charge in [-0.1, -0.05) is 30.3 Å². The van der Waals surface area contributed by atoms with Crippen LogP contribution >= 0.6 is 0 Å². The number of nitrogens with zero attached hydrogens (tertiary/aromatic N) is 2. The molecule has 1 aromatic carbocycles. The van der Waals surface area contributed by atoms with E-state index in [-0.39, 0.29) is 29.9 Å². The Morgan fingerprint density at radius 2 is 1.86 bits per heavy atom. The first-order chi connectivity index (χ1) is 13.5. The summed E-state index contributed by atoms with van der Waals surface area (Å²) < 4.78 is 0. The maximum absolute atomic E-state index is 12.6. The molecule has 1 aromatic rings. The molecule has 2 aliphatic rings. The molecule has 2 N–H and O–H groups in total. The lowest BCUT2D eigenvalue weighted by Gasteiger charge is -2.34. The molecular formula is C21H30N4O3. The minimum absolute atomic E-state index is 0.00915. The van der Waals surface area contributed by atoms with E-state index in [0.717, 1.165) is 19.3 Å². The van der Waals surface area contributed by atoms with Crippen molar-refractivity contribution in [2.45, 2.75) is 51.1 Å². The van der Waals surface area contributed by atoms with E-state index in [1.54, 1.807) is 4.90 Å². The van der Waals surface area contributed by atoms with Gasteiger partial charge in [-0.15, -0.1) is 0 Å². The summed E-state index contributed by atoms with van der Waals surface area (Å²) in [7, 11) is 0. The summed E-state index contributed by atoms with van der Waals surface area (Å²) in [6.45, 7) is 4.27. The molecule has 0 saturated carbocycles. The second-order valence-corrected chi connectivity index (χ2v) is 7.69. The number of hydrogen-bond donors (Lipinski definition) is 2. The number of aryl methyl sites for hydroxylation is 1. The summed E-state index contributed by atoms with van der Waals surface area (Å²) in [4.78, 5) is 40.3. The normalized spacial score (nSPS) is 21.0. The third-order valence-corrected chi connectivity index (χ3v) is 5.59. The summed E-state index contributed by atoms with van der Waals surface area (Å²) in [5.74, 6) is 0.171. The number of nitrogens with one attached hydrogen (secondary N) is 2. The second-order valence-electron chi connectivity index (χ2n) is 7.69. The van der Waals surface area contributed by atoms with Gasteiger partial charge >= 0.3 is 6.03 Å². The van der Waals surface area contributed by atoms with Crippen LogP contribution in [0, 0.1) is 0 Å². The Bertz CT molecular complexity index is 686.